The monoisotopic (exact) mass is 346 g/mol. The zero-order chi connectivity index (χ0) is 17.8. The van der Waals surface area contributed by atoms with Crippen molar-refractivity contribution in [3.8, 4) is 11.4 Å². The predicted molar refractivity (Wildman–Crippen MR) is 91.4 cm³/mol. The number of amides is 2. The summed E-state index contributed by atoms with van der Waals surface area (Å²) in [7, 11) is 0. The number of benzene rings is 1. The van der Waals surface area contributed by atoms with Crippen LogP contribution in [0.3, 0.4) is 0 Å². The van der Waals surface area contributed by atoms with Crippen molar-refractivity contribution in [1.29, 1.82) is 0 Å². The Bertz CT molecular complexity index is 731. The largest absolute Gasteiger partial charge is 0.339 e. The number of aromatic nitrogens is 2. The van der Waals surface area contributed by atoms with E-state index in [1.54, 1.807) is 18.2 Å². The van der Waals surface area contributed by atoms with Crippen LogP contribution < -0.4 is 5.32 Å². The molecule has 1 fully saturated rings. The molecular formula is C18H23FN4O2. The molecule has 1 aliphatic rings. The van der Waals surface area contributed by atoms with Gasteiger partial charge in [-0.2, -0.15) is 4.98 Å². The number of hydrogen-bond donors (Lipinski definition) is 1. The van der Waals surface area contributed by atoms with E-state index in [1.807, 2.05) is 18.7 Å². The Morgan fingerprint density at radius 1 is 1.44 bits per heavy atom. The van der Waals surface area contributed by atoms with Gasteiger partial charge in [-0.25, -0.2) is 9.18 Å². The van der Waals surface area contributed by atoms with Crippen LogP contribution in [-0.4, -0.2) is 40.2 Å². The Labute approximate surface area is 146 Å². The van der Waals surface area contributed by atoms with Crippen molar-refractivity contribution in [3.63, 3.8) is 0 Å². The number of piperidine rings is 1. The summed E-state index contributed by atoms with van der Waals surface area (Å²) in [5.74, 6) is 0.636. The van der Waals surface area contributed by atoms with Crippen molar-refractivity contribution in [2.24, 2.45) is 5.92 Å². The fourth-order valence-electron chi connectivity index (χ4n) is 3.09. The molecule has 0 radical (unpaired) electrons. The van der Waals surface area contributed by atoms with Crippen LogP contribution in [0.2, 0.25) is 0 Å². The highest BCUT2D eigenvalue weighted by Crippen LogP contribution is 2.23. The molecule has 3 rings (SSSR count). The average Bonchev–Trinajstić information content (AvgIpc) is 3.03. The lowest BCUT2D eigenvalue weighted by Crippen LogP contribution is -2.47. The lowest BCUT2D eigenvalue weighted by molar-refractivity contribution is 0.159. The SMILES string of the molecule is CC(C)NC(=O)N1CCC[C@H](Cc2nc(-c3ccccc3F)no2)C1. The minimum absolute atomic E-state index is 0.0303. The highest BCUT2D eigenvalue weighted by molar-refractivity contribution is 5.74. The van der Waals surface area contributed by atoms with Crippen LogP contribution in [-0.2, 0) is 6.42 Å². The Hall–Kier alpha value is -2.44. The van der Waals surface area contributed by atoms with Crippen LogP contribution in [0, 0.1) is 11.7 Å². The minimum atomic E-state index is -0.371. The molecule has 6 nitrogen and oxygen atoms in total. The second kappa shape index (κ2) is 7.63. The van der Waals surface area contributed by atoms with Gasteiger partial charge in [-0.3, -0.25) is 0 Å². The summed E-state index contributed by atoms with van der Waals surface area (Å²) in [5, 5.41) is 6.81. The highest BCUT2D eigenvalue weighted by atomic mass is 19.1. The molecule has 1 aliphatic heterocycles. The molecule has 1 atom stereocenters. The van der Waals surface area contributed by atoms with E-state index < -0.39 is 0 Å². The van der Waals surface area contributed by atoms with Crippen molar-refractivity contribution in [2.75, 3.05) is 13.1 Å². The van der Waals surface area contributed by atoms with Crippen molar-refractivity contribution >= 4 is 6.03 Å². The predicted octanol–water partition coefficient (Wildman–Crippen LogP) is 3.25. The van der Waals surface area contributed by atoms with E-state index in [2.05, 4.69) is 15.5 Å². The number of likely N-dealkylation sites (tertiary alicyclic amines) is 1. The lowest BCUT2D eigenvalue weighted by atomic mass is 9.95. The molecule has 2 amide bonds. The summed E-state index contributed by atoms with van der Waals surface area (Å²) in [6.45, 7) is 5.32. The first kappa shape index (κ1) is 17.4. The van der Waals surface area contributed by atoms with E-state index in [9.17, 15) is 9.18 Å². The number of carbonyl (C=O) groups excluding carboxylic acids is 1. The minimum Gasteiger partial charge on any atom is -0.339 e. The Morgan fingerprint density at radius 3 is 3.00 bits per heavy atom. The molecule has 1 saturated heterocycles. The summed E-state index contributed by atoms with van der Waals surface area (Å²) in [5.41, 5.74) is 0.332. The first-order chi connectivity index (χ1) is 12.0. The van der Waals surface area contributed by atoms with Gasteiger partial charge in [-0.1, -0.05) is 17.3 Å². The number of rotatable bonds is 4. The first-order valence-electron chi connectivity index (χ1n) is 8.66. The molecule has 0 bridgehead atoms. The van der Waals surface area contributed by atoms with Gasteiger partial charge in [0.1, 0.15) is 5.82 Å². The van der Waals surface area contributed by atoms with E-state index in [0.29, 0.717) is 24.4 Å². The van der Waals surface area contributed by atoms with E-state index in [0.717, 1.165) is 19.4 Å². The van der Waals surface area contributed by atoms with Crippen LogP contribution >= 0.6 is 0 Å². The summed E-state index contributed by atoms with van der Waals surface area (Å²) in [6, 6.07) is 6.45. The van der Waals surface area contributed by atoms with Gasteiger partial charge in [-0.05, 0) is 44.7 Å². The molecule has 2 heterocycles. The van der Waals surface area contributed by atoms with Crippen molar-refractivity contribution in [2.45, 2.75) is 39.2 Å². The second-order valence-corrected chi connectivity index (χ2v) is 6.75. The topological polar surface area (TPSA) is 71.3 Å². The molecule has 0 saturated carbocycles. The number of nitrogens with zero attached hydrogens (tertiary/aromatic N) is 3. The van der Waals surface area contributed by atoms with Crippen molar-refractivity contribution in [1.82, 2.24) is 20.4 Å². The molecule has 1 aromatic carbocycles. The lowest BCUT2D eigenvalue weighted by Gasteiger charge is -2.32. The van der Waals surface area contributed by atoms with Gasteiger partial charge in [0.25, 0.3) is 0 Å². The zero-order valence-corrected chi connectivity index (χ0v) is 14.5. The van der Waals surface area contributed by atoms with E-state index >= 15 is 0 Å². The van der Waals surface area contributed by atoms with Crippen LogP contribution in [0.4, 0.5) is 9.18 Å². The standard InChI is InChI=1S/C18H23FN4O2/c1-12(2)20-18(24)23-9-5-6-13(11-23)10-16-21-17(22-25-16)14-7-3-4-8-15(14)19/h3-4,7-8,12-13H,5-6,9-11H2,1-2H3,(H,20,24)/t13-/m1/s1. The van der Waals surface area contributed by atoms with Gasteiger partial charge < -0.3 is 14.7 Å². The van der Waals surface area contributed by atoms with E-state index in [1.165, 1.54) is 6.07 Å². The molecular weight excluding hydrogens is 323 g/mol. The zero-order valence-electron chi connectivity index (χ0n) is 14.5. The smallest absolute Gasteiger partial charge is 0.317 e. The molecule has 7 heteroatoms. The second-order valence-electron chi connectivity index (χ2n) is 6.75. The number of nitrogens with one attached hydrogen (secondary N) is 1. The number of halogens is 1. The van der Waals surface area contributed by atoms with Crippen molar-refractivity contribution < 1.29 is 13.7 Å². The maximum Gasteiger partial charge on any atom is 0.317 e. The summed E-state index contributed by atoms with van der Waals surface area (Å²) in [6.07, 6.45) is 2.54. The average molecular weight is 346 g/mol. The Morgan fingerprint density at radius 2 is 2.24 bits per heavy atom. The first-order valence-corrected chi connectivity index (χ1v) is 8.66. The summed E-state index contributed by atoms with van der Waals surface area (Å²) in [4.78, 5) is 18.3. The quantitative estimate of drug-likeness (QED) is 0.922. The van der Waals surface area contributed by atoms with Gasteiger partial charge in [0, 0.05) is 25.6 Å². The number of carbonyl (C=O) groups is 1. The number of hydrogen-bond acceptors (Lipinski definition) is 4. The summed E-state index contributed by atoms with van der Waals surface area (Å²) < 4.78 is 19.1. The van der Waals surface area contributed by atoms with Crippen LogP contribution in [0.1, 0.15) is 32.6 Å². The summed E-state index contributed by atoms with van der Waals surface area (Å²) >= 11 is 0. The van der Waals surface area contributed by atoms with E-state index in [4.69, 9.17) is 4.52 Å². The Kier molecular flexibility index (Phi) is 5.31. The Balaban J connectivity index is 1.63. The third kappa shape index (κ3) is 4.35. The maximum atomic E-state index is 13.8. The molecule has 134 valence electrons. The molecule has 1 N–H and O–H groups in total. The highest BCUT2D eigenvalue weighted by Gasteiger charge is 2.26. The fourth-order valence-corrected chi connectivity index (χ4v) is 3.09. The molecule has 0 unspecified atom stereocenters. The molecule has 2 aromatic rings. The number of urea groups is 1. The molecule has 0 aliphatic carbocycles. The fraction of sp³-hybridized carbons (Fsp3) is 0.500. The van der Waals surface area contributed by atoms with Gasteiger partial charge in [-0.15, -0.1) is 0 Å². The molecule has 0 spiro atoms. The van der Waals surface area contributed by atoms with Gasteiger partial charge in [0.15, 0.2) is 0 Å². The van der Waals surface area contributed by atoms with Gasteiger partial charge >= 0.3 is 6.03 Å². The molecule has 25 heavy (non-hydrogen) atoms. The van der Waals surface area contributed by atoms with Crippen LogP contribution in [0.15, 0.2) is 28.8 Å². The van der Waals surface area contributed by atoms with E-state index in [-0.39, 0.29) is 29.6 Å². The normalized spacial score (nSPS) is 17.8. The van der Waals surface area contributed by atoms with Crippen LogP contribution in [0.25, 0.3) is 11.4 Å². The third-order valence-electron chi connectivity index (χ3n) is 4.26. The van der Waals surface area contributed by atoms with Crippen molar-refractivity contribution in [3.05, 3.63) is 36.0 Å². The van der Waals surface area contributed by atoms with Crippen LogP contribution in [0.5, 0.6) is 0 Å². The molecule has 1 aromatic heterocycles. The van der Waals surface area contributed by atoms with Gasteiger partial charge in [0.05, 0.1) is 5.56 Å². The maximum absolute atomic E-state index is 13.8. The third-order valence-corrected chi connectivity index (χ3v) is 4.26. The van der Waals surface area contributed by atoms with Gasteiger partial charge in [0.2, 0.25) is 11.7 Å².